The zero-order chi connectivity index (χ0) is 21.3. The first-order valence-corrected chi connectivity index (χ1v) is 12.0. The fourth-order valence-electron chi connectivity index (χ4n) is 3.58. The number of rotatable bonds is 7. The molecule has 9 nitrogen and oxygen atoms in total. The van der Waals surface area contributed by atoms with Gasteiger partial charge in [-0.25, -0.2) is 18.5 Å². The Labute approximate surface area is 179 Å². The van der Waals surface area contributed by atoms with E-state index in [1.54, 1.807) is 12.1 Å². The van der Waals surface area contributed by atoms with E-state index in [1.807, 2.05) is 24.5 Å². The number of nitrogens with one attached hydrogen (secondary N) is 1. The second-order valence-corrected chi connectivity index (χ2v) is 10.0. The van der Waals surface area contributed by atoms with Gasteiger partial charge in [0, 0.05) is 36.2 Å². The van der Waals surface area contributed by atoms with Crippen molar-refractivity contribution in [3.05, 3.63) is 47.7 Å². The van der Waals surface area contributed by atoms with Gasteiger partial charge in [-0.3, -0.25) is 9.36 Å². The Bertz CT molecular complexity index is 1150. The van der Waals surface area contributed by atoms with Crippen LogP contribution in [0.2, 0.25) is 0 Å². The van der Waals surface area contributed by atoms with Crippen molar-refractivity contribution < 1.29 is 13.2 Å². The molecule has 30 heavy (non-hydrogen) atoms. The van der Waals surface area contributed by atoms with Crippen LogP contribution < -0.4 is 0 Å². The zero-order valence-corrected chi connectivity index (χ0v) is 18.3. The van der Waals surface area contributed by atoms with Gasteiger partial charge >= 0.3 is 0 Å². The van der Waals surface area contributed by atoms with Crippen LogP contribution in [-0.4, -0.2) is 62.1 Å². The van der Waals surface area contributed by atoms with Crippen LogP contribution in [0.25, 0.3) is 5.95 Å². The predicted molar refractivity (Wildman–Crippen MR) is 112 cm³/mol. The minimum Gasteiger partial charge on any atom is -0.293 e. The van der Waals surface area contributed by atoms with E-state index >= 15 is 0 Å². The molecule has 1 saturated heterocycles. The molecular weight excluding hydrogens is 424 g/mol. The normalized spacial score (nSPS) is 15.0. The van der Waals surface area contributed by atoms with E-state index in [0.717, 1.165) is 24.2 Å². The number of nitrogens with zero attached hydrogens (tertiary/aromatic N) is 5. The van der Waals surface area contributed by atoms with Crippen LogP contribution in [0.4, 0.5) is 0 Å². The van der Waals surface area contributed by atoms with Gasteiger partial charge in [0.25, 0.3) is 0 Å². The second-order valence-electron chi connectivity index (χ2n) is 7.08. The monoisotopic (exact) mass is 446 g/mol. The number of aromatic nitrogens is 5. The van der Waals surface area contributed by atoms with Crippen molar-refractivity contribution in [2.45, 2.75) is 36.6 Å². The van der Waals surface area contributed by atoms with Gasteiger partial charge in [0.2, 0.25) is 16.0 Å². The molecule has 1 fully saturated rings. The summed E-state index contributed by atoms with van der Waals surface area (Å²) in [4.78, 5) is 21.3. The number of Topliss-reactive ketones (excluding diaryl/α,β-unsaturated/α-hetero) is 1. The molecule has 1 aliphatic rings. The van der Waals surface area contributed by atoms with Crippen LogP contribution in [0.15, 0.2) is 40.6 Å². The first-order valence-electron chi connectivity index (χ1n) is 9.55. The van der Waals surface area contributed by atoms with Gasteiger partial charge in [-0.2, -0.15) is 14.4 Å². The Balaban J connectivity index is 1.44. The Morgan fingerprint density at radius 1 is 1.20 bits per heavy atom. The Kier molecular flexibility index (Phi) is 5.76. The molecule has 0 amide bonds. The van der Waals surface area contributed by atoms with E-state index in [2.05, 4.69) is 20.2 Å². The zero-order valence-electron chi connectivity index (χ0n) is 16.7. The van der Waals surface area contributed by atoms with Crippen LogP contribution in [0.3, 0.4) is 0 Å². The minimum absolute atomic E-state index is 0.0329. The number of carbonyl (C=O) groups excluding carboxylic acids is 1. The first kappa shape index (κ1) is 20.8. The average molecular weight is 447 g/mol. The van der Waals surface area contributed by atoms with Gasteiger partial charge in [-0.15, -0.1) is 0 Å². The van der Waals surface area contributed by atoms with Crippen LogP contribution in [0.5, 0.6) is 0 Å². The molecule has 0 radical (unpaired) electrons. The van der Waals surface area contributed by atoms with Crippen LogP contribution >= 0.6 is 11.8 Å². The summed E-state index contributed by atoms with van der Waals surface area (Å²) in [6, 6.07) is 5.04. The molecule has 3 aromatic heterocycles. The van der Waals surface area contributed by atoms with Crippen LogP contribution in [-0.2, 0) is 10.0 Å². The number of ketones is 1. The summed E-state index contributed by atoms with van der Waals surface area (Å²) in [6.45, 7) is 4.88. The Morgan fingerprint density at radius 3 is 2.60 bits per heavy atom. The Morgan fingerprint density at radius 2 is 1.97 bits per heavy atom. The molecule has 0 spiro atoms. The van der Waals surface area contributed by atoms with E-state index in [-0.39, 0.29) is 16.4 Å². The third-order valence-electron chi connectivity index (χ3n) is 5.11. The topological polar surface area (TPSA) is 114 Å². The average Bonchev–Trinajstić information content (AvgIpc) is 3.48. The molecule has 4 heterocycles. The molecule has 158 valence electrons. The highest BCUT2D eigenvalue weighted by Crippen LogP contribution is 2.24. The lowest BCUT2D eigenvalue weighted by molar-refractivity contribution is 0.102. The fraction of sp³-hybridized carbons (Fsp3) is 0.368. The summed E-state index contributed by atoms with van der Waals surface area (Å²) in [7, 11) is -3.48. The number of aromatic amines is 1. The van der Waals surface area contributed by atoms with Crippen molar-refractivity contribution in [1.29, 1.82) is 0 Å². The summed E-state index contributed by atoms with van der Waals surface area (Å²) >= 11 is 1.28. The molecule has 4 rings (SSSR count). The molecule has 0 aliphatic carbocycles. The fourth-order valence-corrected chi connectivity index (χ4v) is 5.77. The maximum Gasteiger partial charge on any atom is 0.244 e. The SMILES string of the molecule is Cc1cc(C(=O)CSc2ccc(S(=O)(=O)N3CCCC3)cn2)c(C)n1-c1ncn[nH]1. The third kappa shape index (κ3) is 3.92. The van der Waals surface area contributed by atoms with E-state index in [1.165, 1.54) is 28.6 Å². The van der Waals surface area contributed by atoms with Gasteiger partial charge in [0.1, 0.15) is 11.2 Å². The summed E-state index contributed by atoms with van der Waals surface area (Å²) in [5, 5.41) is 7.27. The summed E-state index contributed by atoms with van der Waals surface area (Å²) in [5.41, 5.74) is 2.28. The second kappa shape index (κ2) is 8.32. The maximum atomic E-state index is 12.8. The highest BCUT2D eigenvalue weighted by atomic mass is 32.2. The smallest absolute Gasteiger partial charge is 0.244 e. The van der Waals surface area contributed by atoms with Crippen molar-refractivity contribution in [2.75, 3.05) is 18.8 Å². The molecule has 1 N–H and O–H groups in total. The number of hydrogen-bond donors (Lipinski definition) is 1. The summed E-state index contributed by atoms with van der Waals surface area (Å²) in [5.74, 6) is 0.731. The largest absolute Gasteiger partial charge is 0.293 e. The van der Waals surface area contributed by atoms with Crippen molar-refractivity contribution in [2.24, 2.45) is 0 Å². The van der Waals surface area contributed by atoms with Gasteiger partial charge in [0.15, 0.2) is 5.78 Å². The van der Waals surface area contributed by atoms with Crippen molar-refractivity contribution in [3.8, 4) is 5.95 Å². The third-order valence-corrected chi connectivity index (χ3v) is 7.93. The highest BCUT2D eigenvalue weighted by molar-refractivity contribution is 7.99. The lowest BCUT2D eigenvalue weighted by Gasteiger charge is -2.15. The standard InChI is InChI=1S/C19H22N6O3S2/c1-13-9-16(14(2)25(13)19-21-12-22-23-19)17(26)11-29-18-6-5-15(10-20-18)30(27,28)24-7-3-4-8-24/h5-6,9-10,12H,3-4,7-8,11H2,1-2H3,(H,21,22,23). The molecule has 11 heteroatoms. The van der Waals surface area contributed by atoms with Gasteiger partial charge in [0.05, 0.1) is 10.8 Å². The molecule has 0 atom stereocenters. The maximum absolute atomic E-state index is 12.8. The van der Waals surface area contributed by atoms with Crippen molar-refractivity contribution in [1.82, 2.24) is 29.0 Å². The van der Waals surface area contributed by atoms with E-state index in [9.17, 15) is 13.2 Å². The molecule has 0 saturated carbocycles. The number of H-pyrrole nitrogens is 1. The van der Waals surface area contributed by atoms with Gasteiger partial charge in [-0.1, -0.05) is 11.8 Å². The molecule has 0 bridgehead atoms. The lowest BCUT2D eigenvalue weighted by atomic mass is 10.2. The number of carbonyl (C=O) groups is 1. The number of aryl methyl sites for hydroxylation is 1. The van der Waals surface area contributed by atoms with E-state index in [0.29, 0.717) is 29.6 Å². The summed E-state index contributed by atoms with van der Waals surface area (Å²) < 4.78 is 28.5. The molecule has 0 aromatic carbocycles. The molecular formula is C19H22N6O3S2. The van der Waals surface area contributed by atoms with Gasteiger partial charge in [-0.05, 0) is 44.9 Å². The summed E-state index contributed by atoms with van der Waals surface area (Å²) in [6.07, 6.45) is 4.57. The number of thioether (sulfide) groups is 1. The molecule has 3 aromatic rings. The molecule has 1 aliphatic heterocycles. The van der Waals surface area contributed by atoms with Gasteiger partial charge < -0.3 is 0 Å². The number of pyridine rings is 1. The predicted octanol–water partition coefficient (Wildman–Crippen LogP) is 2.37. The van der Waals surface area contributed by atoms with E-state index in [4.69, 9.17) is 0 Å². The molecule has 0 unspecified atom stereocenters. The van der Waals surface area contributed by atoms with Crippen LogP contribution in [0, 0.1) is 13.8 Å². The minimum atomic E-state index is -3.48. The number of sulfonamides is 1. The highest BCUT2D eigenvalue weighted by Gasteiger charge is 2.27. The first-order chi connectivity index (χ1) is 14.4. The van der Waals surface area contributed by atoms with Crippen molar-refractivity contribution >= 4 is 27.6 Å². The quantitative estimate of drug-likeness (QED) is 0.438. The number of hydrogen-bond acceptors (Lipinski definition) is 7. The van der Waals surface area contributed by atoms with Crippen LogP contribution in [0.1, 0.15) is 34.6 Å². The lowest BCUT2D eigenvalue weighted by Crippen LogP contribution is -2.27. The van der Waals surface area contributed by atoms with E-state index < -0.39 is 10.0 Å². The Hall–Kier alpha value is -2.50. The van der Waals surface area contributed by atoms with Crippen molar-refractivity contribution in [3.63, 3.8) is 0 Å².